The zero-order valence-electron chi connectivity index (χ0n) is 13.3. The first-order valence-electron chi connectivity index (χ1n) is 7.48. The Bertz CT molecular complexity index is 689. The van der Waals surface area contributed by atoms with Crippen molar-refractivity contribution in [1.82, 2.24) is 5.43 Å². The molecule has 0 atom stereocenters. The van der Waals surface area contributed by atoms with Crippen molar-refractivity contribution in [3.05, 3.63) is 71.3 Å². The summed E-state index contributed by atoms with van der Waals surface area (Å²) in [5.74, 6) is 0.492. The van der Waals surface area contributed by atoms with Gasteiger partial charge in [0.25, 0.3) is 5.91 Å². The third-order valence-corrected chi connectivity index (χ3v) is 3.06. The smallest absolute Gasteiger partial charge is 0.271 e. The van der Waals surface area contributed by atoms with E-state index in [-0.39, 0.29) is 5.91 Å². The largest absolute Gasteiger partial charge is 0.494 e. The second-order valence-corrected chi connectivity index (χ2v) is 4.96. The fourth-order valence-electron chi connectivity index (χ4n) is 1.98. The third-order valence-electron chi connectivity index (χ3n) is 3.06. The SMILES string of the molecule is CCOc1ccc(C(=O)N/N=C/C(C)=C\c2ccccc2)cc1. The fraction of sp³-hybridized carbons (Fsp3) is 0.158. The summed E-state index contributed by atoms with van der Waals surface area (Å²) in [6, 6.07) is 16.9. The topological polar surface area (TPSA) is 50.7 Å². The first-order chi connectivity index (χ1) is 11.2. The molecule has 2 aromatic rings. The van der Waals surface area contributed by atoms with Gasteiger partial charge in [0.15, 0.2) is 0 Å². The van der Waals surface area contributed by atoms with Gasteiger partial charge in [0, 0.05) is 5.56 Å². The van der Waals surface area contributed by atoms with Gasteiger partial charge in [0.05, 0.1) is 12.8 Å². The number of amides is 1. The number of hydrogen-bond donors (Lipinski definition) is 1. The van der Waals surface area contributed by atoms with E-state index in [2.05, 4.69) is 10.5 Å². The Morgan fingerprint density at radius 3 is 2.48 bits per heavy atom. The maximum atomic E-state index is 12.0. The molecule has 4 heteroatoms. The number of hydrogen-bond acceptors (Lipinski definition) is 3. The molecule has 0 bridgehead atoms. The van der Waals surface area contributed by atoms with Gasteiger partial charge in [-0.3, -0.25) is 4.79 Å². The van der Waals surface area contributed by atoms with Crippen molar-refractivity contribution in [3.8, 4) is 5.75 Å². The average Bonchev–Trinajstić information content (AvgIpc) is 2.56. The van der Waals surface area contributed by atoms with Crippen molar-refractivity contribution < 1.29 is 9.53 Å². The summed E-state index contributed by atoms with van der Waals surface area (Å²) in [7, 11) is 0. The predicted octanol–water partition coefficient (Wildman–Crippen LogP) is 3.90. The predicted molar refractivity (Wildman–Crippen MR) is 93.7 cm³/mol. The molecule has 0 aliphatic carbocycles. The van der Waals surface area contributed by atoms with Gasteiger partial charge in [-0.1, -0.05) is 36.4 Å². The molecule has 0 aliphatic rings. The molecule has 0 aromatic heterocycles. The van der Waals surface area contributed by atoms with Crippen LogP contribution in [0.2, 0.25) is 0 Å². The van der Waals surface area contributed by atoms with Crippen LogP contribution < -0.4 is 10.2 Å². The van der Waals surface area contributed by atoms with Crippen molar-refractivity contribution in [2.24, 2.45) is 5.10 Å². The number of benzene rings is 2. The van der Waals surface area contributed by atoms with E-state index in [9.17, 15) is 4.79 Å². The molecule has 2 rings (SSSR count). The number of hydrazone groups is 1. The van der Waals surface area contributed by atoms with Gasteiger partial charge in [-0.15, -0.1) is 0 Å². The van der Waals surface area contributed by atoms with Crippen LogP contribution in [-0.2, 0) is 0 Å². The lowest BCUT2D eigenvalue weighted by Crippen LogP contribution is -2.17. The normalized spacial score (nSPS) is 11.5. The number of nitrogens with one attached hydrogen (secondary N) is 1. The Hall–Kier alpha value is -2.88. The van der Waals surface area contributed by atoms with E-state index < -0.39 is 0 Å². The van der Waals surface area contributed by atoms with Crippen molar-refractivity contribution in [2.75, 3.05) is 6.61 Å². The van der Waals surface area contributed by atoms with Crippen LogP contribution in [0.25, 0.3) is 6.08 Å². The van der Waals surface area contributed by atoms with Gasteiger partial charge in [0.1, 0.15) is 5.75 Å². The van der Waals surface area contributed by atoms with Crippen LogP contribution in [0.3, 0.4) is 0 Å². The second kappa shape index (κ2) is 8.54. The van der Waals surface area contributed by atoms with E-state index >= 15 is 0 Å². The maximum absolute atomic E-state index is 12.0. The quantitative estimate of drug-likeness (QED) is 0.650. The summed E-state index contributed by atoms with van der Waals surface area (Å²) in [4.78, 5) is 12.0. The van der Waals surface area contributed by atoms with Gasteiger partial charge < -0.3 is 4.74 Å². The number of nitrogens with zero attached hydrogens (tertiary/aromatic N) is 1. The molecule has 0 fully saturated rings. The minimum absolute atomic E-state index is 0.253. The number of carbonyl (C=O) groups excluding carboxylic acids is 1. The molecule has 1 amide bonds. The first-order valence-corrected chi connectivity index (χ1v) is 7.48. The van der Waals surface area contributed by atoms with Gasteiger partial charge >= 0.3 is 0 Å². The fourth-order valence-corrected chi connectivity index (χ4v) is 1.98. The van der Waals surface area contributed by atoms with Crippen LogP contribution in [0, 0.1) is 0 Å². The molecular weight excluding hydrogens is 288 g/mol. The van der Waals surface area contributed by atoms with E-state index in [0.29, 0.717) is 12.2 Å². The minimum Gasteiger partial charge on any atom is -0.494 e. The van der Waals surface area contributed by atoms with E-state index in [4.69, 9.17) is 4.74 Å². The number of carbonyl (C=O) groups is 1. The maximum Gasteiger partial charge on any atom is 0.271 e. The number of rotatable bonds is 6. The highest BCUT2D eigenvalue weighted by atomic mass is 16.5. The number of ether oxygens (including phenoxy) is 1. The van der Waals surface area contributed by atoms with Gasteiger partial charge in [-0.2, -0.15) is 5.10 Å². The summed E-state index contributed by atoms with van der Waals surface area (Å²) in [5.41, 5.74) is 5.09. The van der Waals surface area contributed by atoms with E-state index in [1.807, 2.05) is 50.3 Å². The van der Waals surface area contributed by atoms with E-state index in [1.54, 1.807) is 30.5 Å². The molecule has 0 saturated carbocycles. The molecule has 0 spiro atoms. The summed E-state index contributed by atoms with van der Waals surface area (Å²) >= 11 is 0. The molecule has 0 saturated heterocycles. The van der Waals surface area contributed by atoms with Crippen LogP contribution in [0.5, 0.6) is 5.75 Å². The van der Waals surface area contributed by atoms with E-state index in [1.165, 1.54) is 0 Å². The molecule has 2 aromatic carbocycles. The first kappa shape index (κ1) is 16.5. The van der Waals surface area contributed by atoms with Crippen LogP contribution >= 0.6 is 0 Å². The summed E-state index contributed by atoms with van der Waals surface area (Å²) in [6.07, 6.45) is 3.62. The second-order valence-electron chi connectivity index (χ2n) is 4.96. The molecule has 0 unspecified atom stereocenters. The van der Waals surface area contributed by atoms with Crippen molar-refractivity contribution >= 4 is 18.2 Å². The van der Waals surface area contributed by atoms with Crippen LogP contribution in [0.15, 0.2) is 65.3 Å². The summed E-state index contributed by atoms with van der Waals surface area (Å²) in [5, 5.41) is 3.98. The standard InChI is InChI=1S/C19H20N2O2/c1-3-23-18-11-9-17(10-12-18)19(22)21-20-14-15(2)13-16-7-5-4-6-8-16/h4-14H,3H2,1-2H3,(H,21,22)/b15-13-,20-14+. The summed E-state index contributed by atoms with van der Waals surface area (Å²) < 4.78 is 5.34. The molecule has 1 N–H and O–H groups in total. The molecule has 23 heavy (non-hydrogen) atoms. The van der Waals surface area contributed by atoms with Gasteiger partial charge in [0.2, 0.25) is 0 Å². The highest BCUT2D eigenvalue weighted by Crippen LogP contribution is 2.12. The molecular formula is C19H20N2O2. The van der Waals surface area contributed by atoms with Gasteiger partial charge in [-0.25, -0.2) is 5.43 Å². The number of allylic oxidation sites excluding steroid dienone is 1. The van der Waals surface area contributed by atoms with Crippen molar-refractivity contribution in [1.29, 1.82) is 0 Å². The zero-order chi connectivity index (χ0) is 16.5. The Kier molecular flexibility index (Phi) is 6.12. The van der Waals surface area contributed by atoms with Crippen LogP contribution in [0.1, 0.15) is 29.8 Å². The highest BCUT2D eigenvalue weighted by Gasteiger charge is 2.03. The average molecular weight is 308 g/mol. The molecule has 118 valence electrons. The van der Waals surface area contributed by atoms with Crippen LogP contribution in [0.4, 0.5) is 0 Å². The lowest BCUT2D eigenvalue weighted by Gasteiger charge is -2.04. The lowest BCUT2D eigenvalue weighted by molar-refractivity contribution is 0.0955. The van der Waals surface area contributed by atoms with Crippen molar-refractivity contribution in [3.63, 3.8) is 0 Å². The van der Waals surface area contributed by atoms with Gasteiger partial charge in [-0.05, 0) is 49.2 Å². The zero-order valence-corrected chi connectivity index (χ0v) is 13.3. The third kappa shape index (κ3) is 5.43. The lowest BCUT2D eigenvalue weighted by atomic mass is 10.1. The Labute approximate surface area is 136 Å². The Morgan fingerprint density at radius 2 is 1.83 bits per heavy atom. The molecule has 4 nitrogen and oxygen atoms in total. The van der Waals surface area contributed by atoms with Crippen molar-refractivity contribution in [2.45, 2.75) is 13.8 Å². The Balaban J connectivity index is 1.91. The molecule has 0 radical (unpaired) electrons. The molecule has 0 aliphatic heterocycles. The Morgan fingerprint density at radius 1 is 1.13 bits per heavy atom. The molecule has 0 heterocycles. The minimum atomic E-state index is -0.253. The monoisotopic (exact) mass is 308 g/mol. The van der Waals surface area contributed by atoms with Crippen LogP contribution in [-0.4, -0.2) is 18.7 Å². The van der Waals surface area contributed by atoms with E-state index in [0.717, 1.165) is 16.9 Å². The summed E-state index contributed by atoms with van der Waals surface area (Å²) in [6.45, 7) is 4.45. The highest BCUT2D eigenvalue weighted by molar-refractivity contribution is 5.95.